The molecule has 0 atom stereocenters. The SMILES string of the molecule is Cc1cc2cnn(C)c(=O)c2c(C)n1. The Bertz CT molecular complexity index is 557. The van der Waals surface area contributed by atoms with Crippen molar-refractivity contribution >= 4 is 10.8 Å². The minimum Gasteiger partial charge on any atom is -0.267 e. The Kier molecular flexibility index (Phi) is 1.84. The molecular formula is C10H11N3O. The Morgan fingerprint density at radius 2 is 2.07 bits per heavy atom. The number of rotatable bonds is 0. The van der Waals surface area contributed by atoms with Crippen LogP contribution in [0.5, 0.6) is 0 Å². The zero-order chi connectivity index (χ0) is 10.3. The van der Waals surface area contributed by atoms with E-state index in [1.165, 1.54) is 4.68 Å². The third-order valence-electron chi connectivity index (χ3n) is 2.24. The molecule has 0 N–H and O–H groups in total. The van der Waals surface area contributed by atoms with Gasteiger partial charge >= 0.3 is 0 Å². The van der Waals surface area contributed by atoms with Crippen molar-refractivity contribution < 1.29 is 0 Å². The van der Waals surface area contributed by atoms with Crippen LogP contribution in [0.15, 0.2) is 17.1 Å². The van der Waals surface area contributed by atoms with Gasteiger partial charge < -0.3 is 0 Å². The van der Waals surface area contributed by atoms with Crippen LogP contribution in [-0.4, -0.2) is 14.8 Å². The summed E-state index contributed by atoms with van der Waals surface area (Å²) in [6.45, 7) is 3.75. The van der Waals surface area contributed by atoms with Crippen molar-refractivity contribution in [3.63, 3.8) is 0 Å². The largest absolute Gasteiger partial charge is 0.276 e. The average Bonchev–Trinajstić information content (AvgIpc) is 2.10. The lowest BCUT2D eigenvalue weighted by molar-refractivity contribution is 0.717. The number of aryl methyl sites for hydroxylation is 3. The summed E-state index contributed by atoms with van der Waals surface area (Å²) in [7, 11) is 1.64. The molecule has 2 heterocycles. The molecule has 4 nitrogen and oxygen atoms in total. The second-order valence-electron chi connectivity index (χ2n) is 3.39. The minimum absolute atomic E-state index is 0.0903. The number of fused-ring (bicyclic) bond motifs is 1. The molecular weight excluding hydrogens is 178 g/mol. The van der Waals surface area contributed by atoms with Gasteiger partial charge in [-0.2, -0.15) is 5.10 Å². The first-order valence-corrected chi connectivity index (χ1v) is 4.40. The Labute approximate surface area is 81.2 Å². The average molecular weight is 189 g/mol. The van der Waals surface area contributed by atoms with Gasteiger partial charge in [-0.25, -0.2) is 4.68 Å². The van der Waals surface area contributed by atoms with Gasteiger partial charge in [-0.1, -0.05) is 0 Å². The second kappa shape index (κ2) is 2.90. The molecule has 0 saturated carbocycles. The van der Waals surface area contributed by atoms with E-state index in [2.05, 4.69) is 10.1 Å². The van der Waals surface area contributed by atoms with Crippen molar-refractivity contribution in [2.45, 2.75) is 13.8 Å². The molecule has 2 aromatic heterocycles. The van der Waals surface area contributed by atoms with E-state index in [-0.39, 0.29) is 5.56 Å². The van der Waals surface area contributed by atoms with Gasteiger partial charge in [0.1, 0.15) is 0 Å². The molecule has 14 heavy (non-hydrogen) atoms. The number of nitrogens with zero attached hydrogens (tertiary/aromatic N) is 3. The molecule has 0 fully saturated rings. The standard InChI is InChI=1S/C10H11N3O/c1-6-4-8-5-11-13(3)10(14)9(8)7(2)12-6/h4-5H,1-3H3. The molecule has 0 aliphatic carbocycles. The third kappa shape index (κ3) is 1.19. The lowest BCUT2D eigenvalue weighted by atomic mass is 10.2. The Balaban J connectivity index is 3.03. The van der Waals surface area contributed by atoms with Crippen molar-refractivity contribution in [3.8, 4) is 0 Å². The molecule has 72 valence electrons. The highest BCUT2D eigenvalue weighted by Crippen LogP contribution is 2.12. The molecule has 0 aromatic carbocycles. The van der Waals surface area contributed by atoms with Crippen molar-refractivity contribution in [2.24, 2.45) is 7.05 Å². The first-order valence-electron chi connectivity index (χ1n) is 4.40. The zero-order valence-corrected chi connectivity index (χ0v) is 8.40. The van der Waals surface area contributed by atoms with Gasteiger partial charge in [0, 0.05) is 18.1 Å². The first kappa shape index (κ1) is 8.87. The predicted octanol–water partition coefficient (Wildman–Crippen LogP) is 0.945. The molecule has 0 radical (unpaired) electrons. The highest BCUT2D eigenvalue weighted by atomic mass is 16.1. The predicted molar refractivity (Wildman–Crippen MR) is 54.3 cm³/mol. The van der Waals surface area contributed by atoms with Crippen molar-refractivity contribution in [3.05, 3.63) is 34.0 Å². The molecule has 0 spiro atoms. The Morgan fingerprint density at radius 3 is 2.79 bits per heavy atom. The normalized spacial score (nSPS) is 10.8. The molecule has 2 aromatic rings. The molecule has 0 saturated heterocycles. The maximum atomic E-state index is 11.7. The number of aromatic nitrogens is 3. The van der Waals surface area contributed by atoms with E-state index in [1.807, 2.05) is 19.9 Å². The third-order valence-corrected chi connectivity index (χ3v) is 2.24. The summed E-state index contributed by atoms with van der Waals surface area (Å²) in [6.07, 6.45) is 1.69. The quantitative estimate of drug-likeness (QED) is 0.619. The monoisotopic (exact) mass is 189 g/mol. The minimum atomic E-state index is -0.0903. The van der Waals surface area contributed by atoms with E-state index in [0.717, 1.165) is 16.8 Å². The summed E-state index contributed by atoms with van der Waals surface area (Å²) < 4.78 is 1.33. The fourth-order valence-corrected chi connectivity index (χ4v) is 1.60. The molecule has 2 rings (SSSR count). The van der Waals surface area contributed by atoms with Crippen LogP contribution in [-0.2, 0) is 7.05 Å². The van der Waals surface area contributed by atoms with E-state index < -0.39 is 0 Å². The first-order chi connectivity index (χ1) is 6.59. The van der Waals surface area contributed by atoms with Crippen LogP contribution >= 0.6 is 0 Å². The Hall–Kier alpha value is -1.71. The summed E-state index contributed by atoms with van der Waals surface area (Å²) >= 11 is 0. The van der Waals surface area contributed by atoms with Crippen LogP contribution in [0.4, 0.5) is 0 Å². The van der Waals surface area contributed by atoms with E-state index in [4.69, 9.17) is 0 Å². The maximum absolute atomic E-state index is 11.7. The van der Waals surface area contributed by atoms with Crippen LogP contribution in [0.3, 0.4) is 0 Å². The van der Waals surface area contributed by atoms with Gasteiger partial charge in [0.05, 0.1) is 17.3 Å². The van der Waals surface area contributed by atoms with Crippen LogP contribution in [0, 0.1) is 13.8 Å². The molecule has 0 amide bonds. The van der Waals surface area contributed by atoms with E-state index in [0.29, 0.717) is 5.39 Å². The second-order valence-corrected chi connectivity index (χ2v) is 3.39. The van der Waals surface area contributed by atoms with Gasteiger partial charge in [-0.15, -0.1) is 0 Å². The van der Waals surface area contributed by atoms with Crippen molar-refractivity contribution in [2.75, 3.05) is 0 Å². The number of hydrogen-bond acceptors (Lipinski definition) is 3. The molecule has 0 aliphatic heterocycles. The van der Waals surface area contributed by atoms with E-state index >= 15 is 0 Å². The zero-order valence-electron chi connectivity index (χ0n) is 8.40. The summed E-state index contributed by atoms with van der Waals surface area (Å²) in [5, 5.41) is 5.49. The van der Waals surface area contributed by atoms with Crippen LogP contribution < -0.4 is 5.56 Å². The lowest BCUT2D eigenvalue weighted by Crippen LogP contribution is -2.20. The fourth-order valence-electron chi connectivity index (χ4n) is 1.60. The summed E-state index contributed by atoms with van der Waals surface area (Å²) in [5.41, 5.74) is 1.58. The fraction of sp³-hybridized carbons (Fsp3) is 0.300. The highest BCUT2D eigenvalue weighted by molar-refractivity contribution is 5.82. The molecule has 0 bridgehead atoms. The Morgan fingerprint density at radius 1 is 1.36 bits per heavy atom. The topological polar surface area (TPSA) is 47.8 Å². The number of pyridine rings is 1. The van der Waals surface area contributed by atoms with Crippen LogP contribution in [0.1, 0.15) is 11.4 Å². The van der Waals surface area contributed by atoms with Gasteiger partial charge in [0.25, 0.3) is 5.56 Å². The van der Waals surface area contributed by atoms with Gasteiger partial charge in [-0.3, -0.25) is 9.78 Å². The van der Waals surface area contributed by atoms with Gasteiger partial charge in [0.2, 0.25) is 0 Å². The van der Waals surface area contributed by atoms with Gasteiger partial charge in [0.15, 0.2) is 0 Å². The van der Waals surface area contributed by atoms with Crippen LogP contribution in [0.2, 0.25) is 0 Å². The molecule has 0 unspecified atom stereocenters. The van der Waals surface area contributed by atoms with E-state index in [9.17, 15) is 4.79 Å². The highest BCUT2D eigenvalue weighted by Gasteiger charge is 2.05. The smallest absolute Gasteiger partial charge is 0.267 e. The maximum Gasteiger partial charge on any atom is 0.276 e. The van der Waals surface area contributed by atoms with Gasteiger partial charge in [-0.05, 0) is 19.9 Å². The summed E-state index contributed by atoms with van der Waals surface area (Å²) in [4.78, 5) is 16.0. The van der Waals surface area contributed by atoms with Crippen molar-refractivity contribution in [1.29, 1.82) is 0 Å². The van der Waals surface area contributed by atoms with E-state index in [1.54, 1.807) is 13.2 Å². The molecule has 4 heteroatoms. The summed E-state index contributed by atoms with van der Waals surface area (Å²) in [5.74, 6) is 0. The molecule has 0 aliphatic rings. The van der Waals surface area contributed by atoms with Crippen LogP contribution in [0.25, 0.3) is 10.8 Å². The van der Waals surface area contributed by atoms with Crippen molar-refractivity contribution in [1.82, 2.24) is 14.8 Å². The summed E-state index contributed by atoms with van der Waals surface area (Å²) in [6, 6.07) is 1.87. The number of hydrogen-bond donors (Lipinski definition) is 0. The lowest BCUT2D eigenvalue weighted by Gasteiger charge is -2.03.